The van der Waals surface area contributed by atoms with Crippen molar-refractivity contribution in [1.29, 1.82) is 0 Å². The fourth-order valence-corrected chi connectivity index (χ4v) is 8.20. The van der Waals surface area contributed by atoms with Gasteiger partial charge in [-0.1, -0.05) is 45.9 Å². The van der Waals surface area contributed by atoms with Crippen LogP contribution < -0.4 is 0 Å². The molecule has 6 unspecified atom stereocenters. The molecule has 9 atom stereocenters. The van der Waals surface area contributed by atoms with Gasteiger partial charge in [-0.2, -0.15) is 0 Å². The molecule has 1 aromatic rings. The highest BCUT2D eigenvalue weighted by atomic mass is 16.6. The van der Waals surface area contributed by atoms with Crippen LogP contribution in [-0.4, -0.2) is 76.1 Å². The molecule has 10 nitrogen and oxygen atoms in total. The third-order valence-electron chi connectivity index (χ3n) is 10.7. The predicted molar refractivity (Wildman–Crippen MR) is 148 cm³/mol. The van der Waals surface area contributed by atoms with Gasteiger partial charge in [0.05, 0.1) is 24.2 Å². The van der Waals surface area contributed by atoms with Crippen molar-refractivity contribution in [3.8, 4) is 0 Å². The molecule has 1 aromatic carbocycles. The topological polar surface area (TPSA) is 146 Å². The smallest absolute Gasteiger partial charge is 0.338 e. The predicted octanol–water partition coefficient (Wildman–Crippen LogP) is 2.93. The second-order valence-corrected chi connectivity index (χ2v) is 13.2. The Hall–Kier alpha value is -3.08. The minimum Gasteiger partial charge on any atom is -0.455 e. The minimum atomic E-state index is -2.00. The molecule has 3 aliphatic carbocycles. The van der Waals surface area contributed by atoms with Crippen LogP contribution in [0, 0.1) is 22.7 Å². The van der Waals surface area contributed by atoms with Gasteiger partial charge >= 0.3 is 17.9 Å². The summed E-state index contributed by atoms with van der Waals surface area (Å²) < 4.78 is 24.0. The molecule has 4 aliphatic rings. The highest BCUT2D eigenvalue weighted by molar-refractivity contribution is 5.95. The van der Waals surface area contributed by atoms with Gasteiger partial charge in [-0.25, -0.2) is 4.79 Å². The van der Waals surface area contributed by atoms with Gasteiger partial charge in [0, 0.05) is 31.1 Å². The average molecular weight is 585 g/mol. The molecule has 1 heterocycles. The molecule has 10 heteroatoms. The van der Waals surface area contributed by atoms with E-state index in [1.54, 1.807) is 58.0 Å². The van der Waals surface area contributed by atoms with Crippen molar-refractivity contribution in [2.45, 2.75) is 96.9 Å². The van der Waals surface area contributed by atoms with Crippen LogP contribution in [0.25, 0.3) is 0 Å². The Morgan fingerprint density at radius 3 is 2.21 bits per heavy atom. The molecule has 0 radical (unpaired) electrons. The number of hydrogen-bond acceptors (Lipinski definition) is 10. The molecule has 3 fully saturated rings. The standard InChI is InChI=1S/C32H40O10/c1-16-13-22-31(15-39-22,42-19(4)34)25-27(41-28(37)20-11-9-8-10-12-20)32(38)14-21(35)17(2)23(29(32,5)6)24(40-18(3)33)26(36)30(16,25)7/h8-12,16,21-22,24-25,27,35,38H,13-15H2,1-7H3/t16-,21?,22?,24?,25?,27?,30+,31-,32?/m0/s1. The van der Waals surface area contributed by atoms with Crippen molar-refractivity contribution in [3.05, 3.63) is 47.0 Å². The molecule has 0 spiro atoms. The van der Waals surface area contributed by atoms with Crippen molar-refractivity contribution in [3.63, 3.8) is 0 Å². The lowest BCUT2D eigenvalue weighted by molar-refractivity contribution is -0.340. The molecule has 1 saturated heterocycles. The SMILES string of the molecule is CC(=O)OC1C(=O)[C@@]2(C)C(C(OC(=O)c3ccccc3)C3(O)CC(O)C(C)=C1C3(C)C)[C@]1(OC(C)=O)COC1C[C@@H]2C. The summed E-state index contributed by atoms with van der Waals surface area (Å²) in [4.78, 5) is 53.8. The summed E-state index contributed by atoms with van der Waals surface area (Å²) >= 11 is 0. The van der Waals surface area contributed by atoms with Gasteiger partial charge in [-0.15, -0.1) is 0 Å². The molecular formula is C32H40O10. The Balaban J connectivity index is 1.84. The molecule has 1 aliphatic heterocycles. The number of fused-ring (bicyclic) bond motifs is 5. The largest absolute Gasteiger partial charge is 0.455 e. The van der Waals surface area contributed by atoms with E-state index >= 15 is 0 Å². The van der Waals surface area contributed by atoms with E-state index in [1.165, 1.54) is 13.8 Å². The second-order valence-electron chi connectivity index (χ2n) is 13.2. The molecule has 42 heavy (non-hydrogen) atoms. The van der Waals surface area contributed by atoms with Crippen molar-refractivity contribution >= 4 is 23.7 Å². The Bertz CT molecular complexity index is 1350. The Kier molecular flexibility index (Phi) is 7.23. The van der Waals surface area contributed by atoms with E-state index in [-0.39, 0.29) is 24.2 Å². The van der Waals surface area contributed by atoms with E-state index in [9.17, 15) is 29.4 Å². The second kappa shape index (κ2) is 9.99. The van der Waals surface area contributed by atoms with Gasteiger partial charge in [0.2, 0.25) is 0 Å². The summed E-state index contributed by atoms with van der Waals surface area (Å²) in [5, 5.41) is 24.3. The van der Waals surface area contributed by atoms with Crippen molar-refractivity contribution in [2.24, 2.45) is 22.7 Å². The Labute approximate surface area is 245 Å². The van der Waals surface area contributed by atoms with Crippen LogP contribution in [0.1, 0.15) is 71.7 Å². The Morgan fingerprint density at radius 2 is 1.67 bits per heavy atom. The maximum absolute atomic E-state index is 15.0. The van der Waals surface area contributed by atoms with Crippen LogP contribution in [0.4, 0.5) is 0 Å². The normalized spacial score (nSPS) is 40.4. The molecular weight excluding hydrogens is 544 g/mol. The summed E-state index contributed by atoms with van der Waals surface area (Å²) in [6.45, 7) is 10.9. The molecule has 2 N–H and O–H groups in total. The highest BCUT2D eigenvalue weighted by Gasteiger charge is 2.77. The van der Waals surface area contributed by atoms with Gasteiger partial charge in [-0.3, -0.25) is 14.4 Å². The average Bonchev–Trinajstić information content (AvgIpc) is 2.90. The van der Waals surface area contributed by atoms with Gasteiger partial charge in [0.1, 0.15) is 17.8 Å². The first-order valence-corrected chi connectivity index (χ1v) is 14.4. The highest BCUT2D eigenvalue weighted by Crippen LogP contribution is 2.65. The summed E-state index contributed by atoms with van der Waals surface area (Å²) in [7, 11) is 0. The number of ether oxygens (including phenoxy) is 4. The first-order chi connectivity index (χ1) is 19.5. The number of esters is 3. The number of ketones is 1. The Morgan fingerprint density at radius 1 is 1.02 bits per heavy atom. The quantitative estimate of drug-likeness (QED) is 0.308. The van der Waals surface area contributed by atoms with E-state index in [0.717, 1.165) is 0 Å². The third kappa shape index (κ3) is 4.09. The van der Waals surface area contributed by atoms with Crippen LogP contribution in [-0.2, 0) is 33.3 Å². The monoisotopic (exact) mass is 584 g/mol. The van der Waals surface area contributed by atoms with E-state index in [2.05, 4.69) is 0 Å². The number of aliphatic hydroxyl groups excluding tert-OH is 1. The number of rotatable bonds is 4. The van der Waals surface area contributed by atoms with E-state index in [1.807, 2.05) is 6.92 Å². The molecule has 0 amide bonds. The van der Waals surface area contributed by atoms with Crippen molar-refractivity contribution in [1.82, 2.24) is 0 Å². The van der Waals surface area contributed by atoms with Gasteiger partial charge in [-0.05, 0) is 42.5 Å². The number of carbonyl (C=O) groups is 4. The lowest BCUT2D eigenvalue weighted by Gasteiger charge is -2.68. The van der Waals surface area contributed by atoms with Gasteiger partial charge < -0.3 is 29.2 Å². The zero-order valence-electron chi connectivity index (χ0n) is 25.1. The van der Waals surface area contributed by atoms with Gasteiger partial charge in [0.25, 0.3) is 0 Å². The van der Waals surface area contributed by atoms with Crippen molar-refractivity contribution in [2.75, 3.05) is 6.61 Å². The summed E-state index contributed by atoms with van der Waals surface area (Å²) in [6, 6.07) is 8.26. The molecule has 228 valence electrons. The number of Topliss-reactive ketones (excluding diaryl/α,β-unsaturated/α-hetero) is 1. The summed E-state index contributed by atoms with van der Waals surface area (Å²) in [6.07, 6.45) is -4.67. The van der Waals surface area contributed by atoms with E-state index in [4.69, 9.17) is 18.9 Å². The number of carbonyl (C=O) groups excluding carboxylic acids is 4. The lowest BCUT2D eigenvalue weighted by atomic mass is 9.43. The molecule has 0 aromatic heterocycles. The summed E-state index contributed by atoms with van der Waals surface area (Å²) in [5.41, 5.74) is -5.32. The lowest BCUT2D eigenvalue weighted by Crippen LogP contribution is -2.80. The van der Waals surface area contributed by atoms with Crippen LogP contribution in [0.5, 0.6) is 0 Å². The minimum absolute atomic E-state index is 0.0874. The first kappa shape index (κ1) is 30.4. The van der Waals surface area contributed by atoms with Crippen LogP contribution >= 0.6 is 0 Å². The molecule has 5 rings (SSSR count). The molecule has 2 saturated carbocycles. The van der Waals surface area contributed by atoms with Crippen LogP contribution in [0.15, 0.2) is 41.5 Å². The van der Waals surface area contributed by atoms with Crippen LogP contribution in [0.2, 0.25) is 0 Å². The number of benzene rings is 1. The van der Waals surface area contributed by atoms with Gasteiger partial charge in [0.15, 0.2) is 17.5 Å². The maximum Gasteiger partial charge on any atom is 0.338 e. The fourth-order valence-electron chi connectivity index (χ4n) is 8.20. The van der Waals surface area contributed by atoms with Crippen LogP contribution in [0.3, 0.4) is 0 Å². The first-order valence-electron chi connectivity index (χ1n) is 14.4. The number of aliphatic hydroxyl groups is 2. The van der Waals surface area contributed by atoms with Crippen molar-refractivity contribution < 1.29 is 48.3 Å². The van der Waals surface area contributed by atoms with E-state index in [0.29, 0.717) is 12.0 Å². The fraction of sp³-hybridized carbons (Fsp3) is 0.625. The zero-order chi connectivity index (χ0) is 31.0. The summed E-state index contributed by atoms with van der Waals surface area (Å²) in [5.74, 6) is -4.10. The third-order valence-corrected chi connectivity index (χ3v) is 10.7. The van der Waals surface area contributed by atoms with E-state index < -0.39 is 82.0 Å². The zero-order valence-corrected chi connectivity index (χ0v) is 25.1. The molecule has 2 bridgehead atoms. The maximum atomic E-state index is 15.0. The number of hydrogen-bond donors (Lipinski definition) is 2.